The van der Waals surface area contributed by atoms with Gasteiger partial charge in [-0.3, -0.25) is 14.6 Å². The van der Waals surface area contributed by atoms with Gasteiger partial charge in [0.15, 0.2) is 12.6 Å². The smallest absolute Gasteiger partial charge is 0.0813 e. The van der Waals surface area contributed by atoms with E-state index in [9.17, 15) is 27.6 Å². The minimum absolute atomic E-state index is 0. The number of pyridine rings is 2. The molecule has 0 aliphatic heterocycles. The molecule has 2 heterocycles. The SMILES string of the molecule is C.COC(=O)c1c(F)cc(Br)cc1Cl.O=Cc1c(F)cc(-c2ccccn2)cc1Cl.O=Cc1c(F)cc(Br)cc1Cl.PP(P)P(P(P)P)P(P(P)P)P(P(P(P)P)P(P)P)P(P(P)P)P(P)P.[Zn+][Br].[c-]1ccccn1. The number of ether oxygens (including phenoxy) is 1. The van der Waals surface area contributed by atoms with Gasteiger partial charge in [-0.15, -0.1) is 125 Å². The van der Waals surface area contributed by atoms with Crippen molar-refractivity contribution in [2.75, 3.05) is 7.11 Å². The van der Waals surface area contributed by atoms with Crippen molar-refractivity contribution < 1.29 is 48.6 Å². The van der Waals surface area contributed by atoms with Crippen molar-refractivity contribution in [3.63, 3.8) is 0 Å². The number of aromatic nitrogens is 2. The maximum Gasteiger partial charge on any atom is -0.0813 e. The summed E-state index contributed by atoms with van der Waals surface area (Å²) in [6, 6.07) is 18.8. The molecule has 0 aliphatic carbocycles. The molecule has 5 aromatic rings. The average Bonchev–Trinajstić information content (AvgIpc) is 3.31. The van der Waals surface area contributed by atoms with Crippen molar-refractivity contribution >= 4 is 308 Å². The Balaban J connectivity index is 0. The summed E-state index contributed by atoms with van der Waals surface area (Å²) < 4.78 is 44.7. The molecular formula is C33H51Br3Cl3F3N2O4P26Zn. The van der Waals surface area contributed by atoms with Crippen molar-refractivity contribution in [1.82, 2.24) is 9.97 Å². The fourth-order valence-electron chi connectivity index (χ4n) is 4.54. The van der Waals surface area contributed by atoms with Crippen LogP contribution in [0.3, 0.4) is 0 Å². The van der Waals surface area contributed by atoms with E-state index in [0.29, 0.717) is 32.8 Å². The topological polar surface area (TPSA) is 86.2 Å². The number of hydrogen-bond acceptors (Lipinski definition) is 6. The second-order valence-electron chi connectivity index (χ2n) is 12.3. The van der Waals surface area contributed by atoms with Crippen molar-refractivity contribution in [2.24, 2.45) is 0 Å². The first-order valence-corrected chi connectivity index (χ1v) is 74.7. The van der Waals surface area contributed by atoms with Gasteiger partial charge in [0.05, 0.1) is 39.0 Å². The van der Waals surface area contributed by atoms with Crippen LogP contribution in [0.2, 0.25) is 15.1 Å². The third-order valence-electron chi connectivity index (χ3n) is 7.32. The average molecular weight is 1810 g/mol. The molecule has 412 valence electrons. The fourth-order valence-corrected chi connectivity index (χ4v) is 341. The Hall–Kier alpha value is 8.67. The molecule has 0 fully saturated rings. The van der Waals surface area contributed by atoms with Gasteiger partial charge in [-0.1, -0.05) is 92.5 Å². The van der Waals surface area contributed by atoms with Gasteiger partial charge in [-0.25, -0.2) is 18.0 Å². The Labute approximate surface area is 535 Å². The minimum atomic E-state index is -0.782. The first-order valence-electron chi connectivity index (χ1n) is 18.5. The standard InChI is InChI=1S/C12H7ClFNO.C8H5BrClFO2.C7H3BrClFO.C5H4N.CH4.BrH.H28P26.Zn/c13-10-5-8(6-11(14)9(10)7-16)12-3-1-2-4-15-12;1-13-8(12)7-5(10)2-4(9)3-6(7)11;8-4-1-6(9)5(3-11)7(10)2-4;1-2-4-6-5-3-1;;;1-15(2)22(16(3)4)25(21(13)14)26(23(17(5)6)18(7)8)24(19(9)10)20(11)12;/h1-7H;2-3H,1H3;1-3H;1-4H;1H4;1H;1-14H2;/q;;;-1;;;;+2/p-1. The van der Waals surface area contributed by atoms with Crippen LogP contribution in [-0.2, 0) is 21.1 Å². The molecule has 3 aromatic carbocycles. The Morgan fingerprint density at radius 1 is 0.587 bits per heavy atom. The predicted molar refractivity (Wildman–Crippen MR) is 413 cm³/mol. The quantitative estimate of drug-likeness (QED) is 0.0341. The third kappa shape index (κ3) is 32.5. The van der Waals surface area contributed by atoms with Crippen molar-refractivity contribution in [3.05, 3.63) is 150 Å². The normalized spacial score (nSPS) is 11.3. The van der Waals surface area contributed by atoms with E-state index in [2.05, 4.69) is 191 Å². The van der Waals surface area contributed by atoms with Crippen LogP contribution in [0.15, 0.2) is 94.1 Å². The first kappa shape index (κ1) is 85.7. The van der Waals surface area contributed by atoms with Crippen LogP contribution in [-0.4, -0.2) is 35.6 Å². The zero-order valence-corrected chi connectivity index (χ0v) is 74.7. The van der Waals surface area contributed by atoms with Crippen molar-refractivity contribution in [1.29, 1.82) is 0 Å². The molecular weight excluding hydrogens is 1760 g/mol. The second kappa shape index (κ2) is 48.5. The molecule has 2 aromatic heterocycles. The van der Waals surface area contributed by atoms with Gasteiger partial charge >= 0.3 is 35.9 Å². The molecule has 0 radical (unpaired) electrons. The van der Waals surface area contributed by atoms with Crippen molar-refractivity contribution in [2.45, 2.75) is 7.43 Å². The van der Waals surface area contributed by atoms with Crippen LogP contribution in [0.5, 0.6) is 0 Å². The number of carbonyl (C=O) groups is 3. The molecule has 0 saturated heterocycles. The van der Waals surface area contributed by atoms with E-state index < -0.39 is 23.4 Å². The molecule has 75 heavy (non-hydrogen) atoms. The van der Waals surface area contributed by atoms with E-state index in [-0.39, 0.29) is 123 Å². The molecule has 0 aliphatic rings. The zero-order valence-electron chi connectivity index (χ0n) is 37.8. The summed E-state index contributed by atoms with van der Waals surface area (Å²) in [7, 11) is 46.5. The molecule has 0 amide bonds. The van der Waals surface area contributed by atoms with Crippen LogP contribution >= 0.6 is 289 Å². The van der Waals surface area contributed by atoms with Gasteiger partial charge in [0.1, 0.15) is 23.0 Å². The van der Waals surface area contributed by atoms with Crippen LogP contribution in [0.4, 0.5) is 13.2 Å². The number of halogens is 9. The van der Waals surface area contributed by atoms with E-state index in [1.165, 1.54) is 53.8 Å². The number of hydrogen-bond donors (Lipinski definition) is 0. The number of rotatable bonds is 15. The van der Waals surface area contributed by atoms with Crippen LogP contribution in [0.25, 0.3) is 11.3 Å². The predicted octanol–water partition coefficient (Wildman–Crippen LogP) is 26.7. The molecule has 5 rings (SSSR count). The van der Waals surface area contributed by atoms with Gasteiger partial charge in [-0.2, -0.15) is 18.2 Å². The van der Waals surface area contributed by atoms with E-state index in [4.69, 9.17) is 34.8 Å². The molecule has 6 nitrogen and oxygen atoms in total. The summed E-state index contributed by atoms with van der Waals surface area (Å²) in [4.78, 5) is 39.5. The Morgan fingerprint density at radius 3 is 1.29 bits per heavy atom. The number of nitrogens with zero attached hydrogens (tertiary/aromatic N) is 2. The van der Waals surface area contributed by atoms with Gasteiger partial charge in [0.2, 0.25) is 0 Å². The van der Waals surface area contributed by atoms with Crippen LogP contribution < -0.4 is 0 Å². The van der Waals surface area contributed by atoms with E-state index in [0.717, 1.165) is 6.07 Å². The molecule has 0 N–H and O–H groups in total. The van der Waals surface area contributed by atoms with E-state index in [1.54, 1.807) is 36.7 Å². The van der Waals surface area contributed by atoms with E-state index in [1.807, 2.05) is 12.1 Å². The minimum Gasteiger partial charge on any atom is -0.394 e. The molecule has 42 heteroatoms. The summed E-state index contributed by atoms with van der Waals surface area (Å²) in [5.41, 5.74) is 0.693. The zero-order chi connectivity index (χ0) is 57.2. The molecule has 0 saturated carbocycles. The van der Waals surface area contributed by atoms with Gasteiger partial charge < -0.3 is 9.72 Å². The summed E-state index contributed by atoms with van der Waals surface area (Å²) in [6.07, 6.45) is 6.74. The monoisotopic (exact) mass is 1810 g/mol. The van der Waals surface area contributed by atoms with Gasteiger partial charge in [0, 0.05) is 20.7 Å². The largest absolute Gasteiger partial charge is 0.394 e. The summed E-state index contributed by atoms with van der Waals surface area (Å²) >= 11 is 27.3. The number of carbonyl (C=O) groups excluding carboxylic acids is 3. The molecule has 15 atom stereocenters. The Kier molecular flexibility index (Phi) is 55.4. The van der Waals surface area contributed by atoms with Crippen molar-refractivity contribution in [3.8, 4) is 11.3 Å². The molecule has 0 bridgehead atoms. The molecule has 15 unspecified atom stereocenters. The Morgan fingerprint density at radius 2 is 0.987 bits per heavy atom. The number of esters is 1. The van der Waals surface area contributed by atoms with Crippen LogP contribution in [0.1, 0.15) is 38.5 Å². The third-order valence-corrected chi connectivity index (χ3v) is 176. The van der Waals surface area contributed by atoms with Gasteiger partial charge in [-0.05, 0) is 132 Å². The molecule has 0 spiro atoms. The number of aldehydes is 2. The first-order chi connectivity index (χ1) is 34.7. The second-order valence-corrected chi connectivity index (χ2v) is 119. The van der Waals surface area contributed by atoms with Crippen LogP contribution in [0, 0.1) is 23.6 Å². The maximum atomic E-state index is 13.5. The fraction of sp³-hybridized carbons (Fsp3) is 0.0606. The summed E-state index contributed by atoms with van der Waals surface area (Å²) in [5.74, 6) is -2.73. The number of benzene rings is 3. The number of methoxy groups -OCH3 is 1. The van der Waals surface area contributed by atoms with Gasteiger partial charge in [0.25, 0.3) is 0 Å². The maximum absolute atomic E-state index is 13.5. The van der Waals surface area contributed by atoms with E-state index >= 15 is 0 Å². The summed E-state index contributed by atoms with van der Waals surface area (Å²) in [5, 5.41) is 0.237. The Bertz CT molecular complexity index is 2340. The summed E-state index contributed by atoms with van der Waals surface area (Å²) in [6.45, 7) is 0.206.